The van der Waals surface area contributed by atoms with E-state index in [1.807, 2.05) is 25.1 Å². The van der Waals surface area contributed by atoms with Gasteiger partial charge in [-0.1, -0.05) is 12.2 Å². The van der Waals surface area contributed by atoms with Crippen molar-refractivity contribution in [1.29, 1.82) is 0 Å². The van der Waals surface area contributed by atoms with Crippen molar-refractivity contribution in [1.82, 2.24) is 0 Å². The fourth-order valence-corrected chi connectivity index (χ4v) is 1.02. The van der Waals surface area contributed by atoms with Gasteiger partial charge in [0.15, 0.2) is 0 Å². The third kappa shape index (κ3) is 1.78. The fraction of sp³-hybridized carbons (Fsp3) is 0.200. The number of hydrogen-bond donors (Lipinski definition) is 1. The molecule has 0 aliphatic rings. The molecule has 0 fully saturated rings. The summed E-state index contributed by atoms with van der Waals surface area (Å²) >= 11 is 0. The van der Waals surface area contributed by atoms with Crippen molar-refractivity contribution in [2.45, 2.75) is 6.92 Å². The molecule has 0 unspecified atom stereocenters. The van der Waals surface area contributed by atoms with Crippen LogP contribution in [0.25, 0.3) is 6.08 Å². The lowest BCUT2D eigenvalue weighted by atomic mass is 10.2. The molecule has 1 aromatic rings. The van der Waals surface area contributed by atoms with Crippen LogP contribution in [0.1, 0.15) is 12.5 Å². The van der Waals surface area contributed by atoms with Crippen LogP contribution in [0.5, 0.6) is 11.5 Å². The van der Waals surface area contributed by atoms with Gasteiger partial charge in [-0.05, 0) is 19.1 Å². The van der Waals surface area contributed by atoms with Crippen LogP contribution in [0, 0.1) is 0 Å². The van der Waals surface area contributed by atoms with E-state index < -0.39 is 0 Å². The van der Waals surface area contributed by atoms with E-state index in [4.69, 9.17) is 9.84 Å². The molecule has 12 heavy (non-hydrogen) atoms. The van der Waals surface area contributed by atoms with Crippen molar-refractivity contribution in [3.05, 3.63) is 29.8 Å². The predicted molar refractivity (Wildman–Crippen MR) is 49.4 cm³/mol. The summed E-state index contributed by atoms with van der Waals surface area (Å²) < 4.78 is 5.07. The molecular formula is C10H12O2. The molecular weight excluding hydrogens is 152 g/mol. The minimum atomic E-state index is 0.222. The second kappa shape index (κ2) is 3.81. The quantitative estimate of drug-likeness (QED) is 0.727. The van der Waals surface area contributed by atoms with Crippen LogP contribution in [-0.4, -0.2) is 12.2 Å². The van der Waals surface area contributed by atoms with Crippen LogP contribution in [0.3, 0.4) is 0 Å². The summed E-state index contributed by atoms with van der Waals surface area (Å²) in [4.78, 5) is 0. The van der Waals surface area contributed by atoms with E-state index >= 15 is 0 Å². The second-order valence-electron chi connectivity index (χ2n) is 2.43. The van der Waals surface area contributed by atoms with E-state index in [9.17, 15) is 0 Å². The lowest BCUT2D eigenvalue weighted by Crippen LogP contribution is -1.85. The van der Waals surface area contributed by atoms with Crippen LogP contribution in [-0.2, 0) is 0 Å². The van der Waals surface area contributed by atoms with E-state index in [1.54, 1.807) is 19.2 Å². The number of benzene rings is 1. The third-order valence-corrected chi connectivity index (χ3v) is 1.56. The summed E-state index contributed by atoms with van der Waals surface area (Å²) in [5, 5.41) is 9.13. The van der Waals surface area contributed by atoms with Crippen LogP contribution < -0.4 is 4.74 Å². The predicted octanol–water partition coefficient (Wildman–Crippen LogP) is 2.43. The van der Waals surface area contributed by atoms with Gasteiger partial charge in [0.2, 0.25) is 0 Å². The van der Waals surface area contributed by atoms with E-state index in [0.717, 1.165) is 5.56 Å². The lowest BCUT2D eigenvalue weighted by molar-refractivity contribution is 0.407. The van der Waals surface area contributed by atoms with Crippen molar-refractivity contribution in [2.75, 3.05) is 7.11 Å². The average Bonchev–Trinajstić information content (AvgIpc) is 2.08. The van der Waals surface area contributed by atoms with Gasteiger partial charge in [0.05, 0.1) is 7.11 Å². The zero-order valence-electron chi connectivity index (χ0n) is 7.24. The molecule has 1 rings (SSSR count). The first kappa shape index (κ1) is 8.65. The number of ether oxygens (including phenoxy) is 1. The van der Waals surface area contributed by atoms with Gasteiger partial charge in [0.1, 0.15) is 11.5 Å². The van der Waals surface area contributed by atoms with Gasteiger partial charge in [-0.3, -0.25) is 0 Å². The van der Waals surface area contributed by atoms with Gasteiger partial charge < -0.3 is 9.84 Å². The molecule has 0 saturated carbocycles. The monoisotopic (exact) mass is 164 g/mol. The molecule has 1 aromatic carbocycles. The maximum Gasteiger partial charge on any atom is 0.129 e. The van der Waals surface area contributed by atoms with Crippen LogP contribution in [0.4, 0.5) is 0 Å². The van der Waals surface area contributed by atoms with Gasteiger partial charge in [-0.2, -0.15) is 0 Å². The first-order chi connectivity index (χ1) is 5.77. The molecule has 0 saturated heterocycles. The molecule has 2 heteroatoms. The zero-order valence-corrected chi connectivity index (χ0v) is 7.24. The Labute approximate surface area is 72.1 Å². The molecule has 0 aromatic heterocycles. The molecule has 0 aliphatic carbocycles. The highest BCUT2D eigenvalue weighted by Gasteiger charge is 1.99. The van der Waals surface area contributed by atoms with Gasteiger partial charge >= 0.3 is 0 Å². The van der Waals surface area contributed by atoms with Gasteiger partial charge in [-0.25, -0.2) is 0 Å². The summed E-state index contributed by atoms with van der Waals surface area (Å²) in [5.74, 6) is 0.910. The Kier molecular flexibility index (Phi) is 2.75. The van der Waals surface area contributed by atoms with Crippen molar-refractivity contribution < 1.29 is 9.84 Å². The first-order valence-corrected chi connectivity index (χ1v) is 3.77. The second-order valence-corrected chi connectivity index (χ2v) is 2.43. The zero-order chi connectivity index (χ0) is 8.97. The minimum absolute atomic E-state index is 0.222. The molecule has 0 radical (unpaired) electrons. The molecule has 1 N–H and O–H groups in total. The van der Waals surface area contributed by atoms with E-state index in [-0.39, 0.29) is 5.75 Å². The molecule has 0 aliphatic heterocycles. The number of hydrogen-bond acceptors (Lipinski definition) is 2. The summed E-state index contributed by atoms with van der Waals surface area (Å²) in [6, 6.07) is 5.04. The smallest absolute Gasteiger partial charge is 0.129 e. The average molecular weight is 164 g/mol. The normalized spacial score (nSPS) is 10.5. The summed E-state index contributed by atoms with van der Waals surface area (Å²) in [6.45, 7) is 1.94. The molecule has 0 spiro atoms. The summed E-state index contributed by atoms with van der Waals surface area (Å²) in [6.07, 6.45) is 3.85. The highest BCUT2D eigenvalue weighted by molar-refractivity contribution is 5.58. The molecule has 0 bridgehead atoms. The van der Waals surface area contributed by atoms with Crippen molar-refractivity contribution in [3.63, 3.8) is 0 Å². The van der Waals surface area contributed by atoms with Gasteiger partial charge in [-0.15, -0.1) is 0 Å². The maximum absolute atomic E-state index is 9.13. The first-order valence-electron chi connectivity index (χ1n) is 3.77. The number of aromatic hydroxyl groups is 1. The number of phenolic OH excluding ortho intramolecular Hbond substituents is 1. The Hall–Kier alpha value is -1.44. The number of methoxy groups -OCH3 is 1. The standard InChI is InChI=1S/C10H12O2/c1-3-4-8-5-6-9(11)7-10(8)12-2/h3-7,11H,1-2H3. The molecule has 0 heterocycles. The van der Waals surface area contributed by atoms with Gasteiger partial charge in [0, 0.05) is 11.6 Å². The highest BCUT2D eigenvalue weighted by atomic mass is 16.5. The van der Waals surface area contributed by atoms with Crippen molar-refractivity contribution >= 4 is 6.08 Å². The third-order valence-electron chi connectivity index (χ3n) is 1.56. The Bertz CT molecular complexity index is 290. The Morgan fingerprint density at radius 1 is 1.42 bits per heavy atom. The topological polar surface area (TPSA) is 29.5 Å². The molecule has 2 nitrogen and oxygen atoms in total. The van der Waals surface area contributed by atoms with E-state index in [1.165, 1.54) is 0 Å². The van der Waals surface area contributed by atoms with Gasteiger partial charge in [0.25, 0.3) is 0 Å². The molecule has 64 valence electrons. The Morgan fingerprint density at radius 2 is 2.17 bits per heavy atom. The van der Waals surface area contributed by atoms with Crippen LogP contribution in [0.15, 0.2) is 24.3 Å². The van der Waals surface area contributed by atoms with Crippen molar-refractivity contribution in [2.24, 2.45) is 0 Å². The largest absolute Gasteiger partial charge is 0.508 e. The molecule has 0 atom stereocenters. The van der Waals surface area contributed by atoms with Crippen molar-refractivity contribution in [3.8, 4) is 11.5 Å². The number of rotatable bonds is 2. The SMILES string of the molecule is CC=Cc1ccc(O)cc1OC. The van der Waals surface area contributed by atoms with E-state index in [0.29, 0.717) is 5.75 Å². The van der Waals surface area contributed by atoms with Crippen LogP contribution in [0.2, 0.25) is 0 Å². The Morgan fingerprint density at radius 3 is 2.75 bits per heavy atom. The number of phenols is 1. The Balaban J connectivity index is 3.10. The fourth-order valence-electron chi connectivity index (χ4n) is 1.02. The molecule has 0 amide bonds. The summed E-state index contributed by atoms with van der Waals surface area (Å²) in [7, 11) is 1.59. The van der Waals surface area contributed by atoms with Crippen LogP contribution >= 0.6 is 0 Å². The van der Waals surface area contributed by atoms with E-state index in [2.05, 4.69) is 0 Å². The minimum Gasteiger partial charge on any atom is -0.508 e. The number of allylic oxidation sites excluding steroid dienone is 1. The summed E-state index contributed by atoms with van der Waals surface area (Å²) in [5.41, 5.74) is 0.970. The highest BCUT2D eigenvalue weighted by Crippen LogP contribution is 2.24. The maximum atomic E-state index is 9.13. The lowest BCUT2D eigenvalue weighted by Gasteiger charge is -2.04.